The number of rotatable bonds is 4. The summed E-state index contributed by atoms with van der Waals surface area (Å²) >= 11 is 0. The van der Waals surface area contributed by atoms with Gasteiger partial charge in [0.1, 0.15) is 5.69 Å². The van der Waals surface area contributed by atoms with Gasteiger partial charge in [0.15, 0.2) is 5.82 Å². The number of nitrogen functional groups attached to an aromatic ring is 1. The summed E-state index contributed by atoms with van der Waals surface area (Å²) in [7, 11) is 0. The van der Waals surface area contributed by atoms with Crippen molar-refractivity contribution in [2.24, 2.45) is 0 Å². The third-order valence-electron chi connectivity index (χ3n) is 2.95. The number of pyridine rings is 1. The van der Waals surface area contributed by atoms with Gasteiger partial charge >= 0.3 is 0 Å². The molecule has 0 saturated carbocycles. The fourth-order valence-electron chi connectivity index (χ4n) is 1.89. The average molecular weight is 266 g/mol. The normalized spacial score (nSPS) is 10.6. The van der Waals surface area contributed by atoms with Gasteiger partial charge in [0, 0.05) is 6.42 Å². The van der Waals surface area contributed by atoms with Gasteiger partial charge in [0.2, 0.25) is 0 Å². The van der Waals surface area contributed by atoms with Crippen LogP contribution in [0.4, 0.5) is 5.69 Å². The topological polar surface area (TPSA) is 77.8 Å². The third-order valence-corrected chi connectivity index (χ3v) is 2.95. The Morgan fingerprint density at radius 3 is 2.60 bits per heavy atom. The molecule has 0 aliphatic heterocycles. The van der Waals surface area contributed by atoms with Crippen LogP contribution < -0.4 is 5.73 Å². The molecule has 0 aliphatic carbocycles. The fourth-order valence-corrected chi connectivity index (χ4v) is 1.89. The van der Waals surface area contributed by atoms with E-state index in [1.165, 1.54) is 5.56 Å². The van der Waals surface area contributed by atoms with E-state index in [4.69, 9.17) is 10.3 Å². The van der Waals surface area contributed by atoms with Crippen LogP contribution in [0.5, 0.6) is 0 Å². The Bertz CT molecular complexity index is 677. The van der Waals surface area contributed by atoms with Gasteiger partial charge in [-0.3, -0.25) is 0 Å². The van der Waals surface area contributed by atoms with Crippen molar-refractivity contribution in [3.63, 3.8) is 0 Å². The first-order valence-electron chi connectivity index (χ1n) is 6.40. The Morgan fingerprint density at radius 2 is 1.85 bits per heavy atom. The van der Waals surface area contributed by atoms with Crippen molar-refractivity contribution in [2.45, 2.75) is 12.8 Å². The molecular weight excluding hydrogens is 252 g/mol. The van der Waals surface area contributed by atoms with E-state index >= 15 is 0 Å². The molecule has 2 heterocycles. The molecule has 0 amide bonds. The summed E-state index contributed by atoms with van der Waals surface area (Å²) in [4.78, 5) is 8.50. The van der Waals surface area contributed by atoms with Crippen molar-refractivity contribution in [1.29, 1.82) is 0 Å². The number of hydrogen-bond donors (Lipinski definition) is 1. The molecule has 5 nitrogen and oxygen atoms in total. The Balaban J connectivity index is 1.69. The Kier molecular flexibility index (Phi) is 3.41. The maximum absolute atomic E-state index is 5.59. The maximum Gasteiger partial charge on any atom is 0.276 e. The van der Waals surface area contributed by atoms with E-state index in [0.29, 0.717) is 23.1 Å². The van der Waals surface area contributed by atoms with E-state index in [0.717, 1.165) is 12.8 Å². The molecule has 0 fully saturated rings. The van der Waals surface area contributed by atoms with Gasteiger partial charge in [-0.15, -0.1) is 0 Å². The van der Waals surface area contributed by atoms with Crippen LogP contribution in [-0.4, -0.2) is 15.1 Å². The second-order valence-corrected chi connectivity index (χ2v) is 4.48. The Labute approximate surface area is 116 Å². The van der Waals surface area contributed by atoms with Crippen molar-refractivity contribution < 1.29 is 4.52 Å². The van der Waals surface area contributed by atoms with Crippen LogP contribution in [0.25, 0.3) is 11.6 Å². The van der Waals surface area contributed by atoms with Gasteiger partial charge < -0.3 is 10.3 Å². The summed E-state index contributed by atoms with van der Waals surface area (Å²) in [6.45, 7) is 0. The summed E-state index contributed by atoms with van der Waals surface area (Å²) in [5.41, 5.74) is 8.09. The number of anilines is 1. The van der Waals surface area contributed by atoms with Gasteiger partial charge in [-0.25, -0.2) is 4.98 Å². The van der Waals surface area contributed by atoms with Crippen molar-refractivity contribution >= 4 is 5.69 Å². The predicted molar refractivity (Wildman–Crippen MR) is 75.8 cm³/mol. The summed E-state index contributed by atoms with van der Waals surface area (Å²) in [5, 5.41) is 3.97. The van der Waals surface area contributed by atoms with Crippen LogP contribution in [0.3, 0.4) is 0 Å². The largest absolute Gasteiger partial charge is 0.397 e. The molecule has 1 aromatic carbocycles. The van der Waals surface area contributed by atoms with Crippen LogP contribution in [0, 0.1) is 0 Å². The van der Waals surface area contributed by atoms with Crippen LogP contribution in [0.1, 0.15) is 11.4 Å². The minimum atomic E-state index is 0.424. The van der Waals surface area contributed by atoms with Gasteiger partial charge in [0.05, 0.1) is 11.9 Å². The summed E-state index contributed by atoms with van der Waals surface area (Å²) in [6, 6.07) is 13.7. The summed E-state index contributed by atoms with van der Waals surface area (Å²) in [5.74, 6) is 1.11. The quantitative estimate of drug-likeness (QED) is 0.785. The highest BCUT2D eigenvalue weighted by Crippen LogP contribution is 2.16. The molecule has 0 saturated heterocycles. The summed E-state index contributed by atoms with van der Waals surface area (Å²) in [6.07, 6.45) is 3.20. The molecule has 100 valence electrons. The van der Waals surface area contributed by atoms with Gasteiger partial charge in [0.25, 0.3) is 5.89 Å². The molecule has 2 N–H and O–H groups in total. The lowest BCUT2D eigenvalue weighted by atomic mass is 10.1. The van der Waals surface area contributed by atoms with Crippen molar-refractivity contribution in [3.8, 4) is 11.6 Å². The number of aromatic nitrogens is 3. The molecule has 0 unspecified atom stereocenters. The number of nitrogens with two attached hydrogens (primary N) is 1. The standard InChI is InChI=1S/C15H14N4O/c16-12-7-8-13(17-10-12)15-18-14(19-20-15)9-6-11-4-2-1-3-5-11/h1-5,7-8,10H,6,9,16H2. The zero-order valence-corrected chi connectivity index (χ0v) is 10.9. The SMILES string of the molecule is Nc1ccc(-c2nc(CCc3ccccc3)no2)nc1. The number of hydrogen-bond acceptors (Lipinski definition) is 5. The van der Waals surface area contributed by atoms with Crippen molar-refractivity contribution in [1.82, 2.24) is 15.1 Å². The highest BCUT2D eigenvalue weighted by atomic mass is 16.5. The van der Waals surface area contributed by atoms with Gasteiger partial charge in [-0.05, 0) is 24.1 Å². The van der Waals surface area contributed by atoms with Crippen molar-refractivity contribution in [2.75, 3.05) is 5.73 Å². The van der Waals surface area contributed by atoms with Crippen LogP contribution in [-0.2, 0) is 12.8 Å². The Morgan fingerprint density at radius 1 is 1.00 bits per heavy atom. The summed E-state index contributed by atoms with van der Waals surface area (Å²) < 4.78 is 5.21. The predicted octanol–water partition coefficient (Wildman–Crippen LogP) is 2.50. The molecule has 3 aromatic rings. The lowest BCUT2D eigenvalue weighted by Crippen LogP contribution is -1.93. The van der Waals surface area contributed by atoms with E-state index in [9.17, 15) is 0 Å². The third kappa shape index (κ3) is 2.83. The first-order chi connectivity index (χ1) is 9.81. The molecular formula is C15H14N4O. The lowest BCUT2D eigenvalue weighted by Gasteiger charge is -1.96. The molecule has 0 radical (unpaired) electrons. The second-order valence-electron chi connectivity index (χ2n) is 4.48. The van der Waals surface area contributed by atoms with Gasteiger partial charge in [-0.1, -0.05) is 35.5 Å². The van der Waals surface area contributed by atoms with E-state index in [1.54, 1.807) is 18.3 Å². The van der Waals surface area contributed by atoms with Gasteiger partial charge in [-0.2, -0.15) is 4.98 Å². The molecule has 3 rings (SSSR count). The number of aryl methyl sites for hydroxylation is 2. The first-order valence-corrected chi connectivity index (χ1v) is 6.40. The maximum atomic E-state index is 5.59. The highest BCUT2D eigenvalue weighted by Gasteiger charge is 2.09. The minimum absolute atomic E-state index is 0.424. The van der Waals surface area contributed by atoms with Crippen LogP contribution in [0.2, 0.25) is 0 Å². The smallest absolute Gasteiger partial charge is 0.276 e. The zero-order chi connectivity index (χ0) is 13.8. The number of benzene rings is 1. The minimum Gasteiger partial charge on any atom is -0.397 e. The van der Waals surface area contributed by atoms with Crippen LogP contribution in [0.15, 0.2) is 53.2 Å². The van der Waals surface area contributed by atoms with E-state index in [-0.39, 0.29) is 0 Å². The molecule has 0 bridgehead atoms. The van der Waals surface area contributed by atoms with E-state index in [2.05, 4.69) is 27.3 Å². The molecule has 0 atom stereocenters. The molecule has 2 aromatic heterocycles. The molecule has 5 heteroatoms. The number of nitrogens with zero attached hydrogens (tertiary/aromatic N) is 3. The van der Waals surface area contributed by atoms with Crippen LogP contribution >= 0.6 is 0 Å². The first kappa shape index (κ1) is 12.3. The monoisotopic (exact) mass is 266 g/mol. The molecule has 0 aliphatic rings. The van der Waals surface area contributed by atoms with E-state index < -0.39 is 0 Å². The highest BCUT2D eigenvalue weighted by molar-refractivity contribution is 5.50. The second kappa shape index (κ2) is 5.52. The fraction of sp³-hybridized carbons (Fsp3) is 0.133. The zero-order valence-electron chi connectivity index (χ0n) is 10.9. The average Bonchev–Trinajstić information content (AvgIpc) is 2.96. The van der Waals surface area contributed by atoms with Crippen molar-refractivity contribution in [3.05, 3.63) is 60.0 Å². The Hall–Kier alpha value is -2.69. The molecule has 0 spiro atoms. The van der Waals surface area contributed by atoms with E-state index in [1.807, 2.05) is 18.2 Å². The molecule has 20 heavy (non-hydrogen) atoms. The lowest BCUT2D eigenvalue weighted by molar-refractivity contribution is 0.421.